The predicted molar refractivity (Wildman–Crippen MR) is 99.1 cm³/mol. The molecular weight excluding hydrogens is 329 g/mol. The number of rotatable bonds is 5. The Morgan fingerprint density at radius 3 is 2.73 bits per heavy atom. The molecule has 1 amide bonds. The van der Waals surface area contributed by atoms with E-state index in [9.17, 15) is 9.18 Å². The standard InChI is InChI=1S/C21H22FN3O/c1-2-25-13-18(17-10-11-23-12-19(17)25)20(14-6-8-16(22)9-7-14)24-21(26)15-4-3-5-15/h6-13,15,20H,2-5H2,1H3,(H,24,26)/t20-/m0/s1. The number of hydrogen-bond donors (Lipinski definition) is 1. The summed E-state index contributed by atoms with van der Waals surface area (Å²) in [6.45, 7) is 2.89. The lowest BCUT2D eigenvalue weighted by molar-refractivity contribution is -0.127. The van der Waals surface area contributed by atoms with Crippen LogP contribution in [-0.4, -0.2) is 15.5 Å². The normalized spacial score (nSPS) is 15.6. The molecule has 1 saturated carbocycles. The number of fused-ring (bicyclic) bond motifs is 1. The van der Waals surface area contributed by atoms with Gasteiger partial charge in [-0.1, -0.05) is 18.6 Å². The van der Waals surface area contributed by atoms with E-state index in [2.05, 4.69) is 28.0 Å². The minimum Gasteiger partial charge on any atom is -0.346 e. The molecule has 0 unspecified atom stereocenters. The molecule has 0 aliphatic heterocycles. The molecule has 4 rings (SSSR count). The van der Waals surface area contributed by atoms with Crippen LogP contribution in [0.15, 0.2) is 48.9 Å². The number of carbonyl (C=O) groups is 1. The summed E-state index contributed by atoms with van der Waals surface area (Å²) in [4.78, 5) is 16.9. The maximum Gasteiger partial charge on any atom is 0.223 e. The summed E-state index contributed by atoms with van der Waals surface area (Å²) in [5.41, 5.74) is 2.93. The Morgan fingerprint density at radius 1 is 1.31 bits per heavy atom. The van der Waals surface area contributed by atoms with E-state index in [0.717, 1.165) is 47.8 Å². The highest BCUT2D eigenvalue weighted by Crippen LogP contribution is 2.33. The first-order chi connectivity index (χ1) is 12.7. The number of benzene rings is 1. The second kappa shape index (κ2) is 6.90. The van der Waals surface area contributed by atoms with Gasteiger partial charge in [-0.15, -0.1) is 0 Å². The Bertz CT molecular complexity index is 928. The summed E-state index contributed by atoms with van der Waals surface area (Å²) >= 11 is 0. The van der Waals surface area contributed by atoms with Gasteiger partial charge < -0.3 is 9.88 Å². The second-order valence-corrected chi connectivity index (χ2v) is 6.88. The summed E-state index contributed by atoms with van der Waals surface area (Å²) in [6, 6.07) is 8.05. The molecule has 1 aliphatic rings. The van der Waals surface area contributed by atoms with Gasteiger partial charge in [-0.05, 0) is 43.5 Å². The number of aryl methyl sites for hydroxylation is 1. The first-order valence-corrected chi connectivity index (χ1v) is 9.16. The summed E-state index contributed by atoms with van der Waals surface area (Å²) in [6.07, 6.45) is 8.69. The van der Waals surface area contributed by atoms with Crippen LogP contribution in [0.4, 0.5) is 4.39 Å². The van der Waals surface area contributed by atoms with Gasteiger partial charge in [0.2, 0.25) is 5.91 Å². The molecule has 1 fully saturated rings. The van der Waals surface area contributed by atoms with E-state index >= 15 is 0 Å². The summed E-state index contributed by atoms with van der Waals surface area (Å²) in [5, 5.41) is 4.27. The van der Waals surface area contributed by atoms with Crippen molar-refractivity contribution in [1.29, 1.82) is 0 Å². The van der Waals surface area contributed by atoms with Crippen LogP contribution >= 0.6 is 0 Å². The van der Waals surface area contributed by atoms with Gasteiger partial charge in [0.25, 0.3) is 0 Å². The van der Waals surface area contributed by atoms with Gasteiger partial charge in [-0.3, -0.25) is 9.78 Å². The SMILES string of the molecule is CCn1cc([C@@H](NC(=O)C2CCC2)c2ccc(F)cc2)c2ccncc21. The largest absolute Gasteiger partial charge is 0.346 e. The maximum absolute atomic E-state index is 13.4. The second-order valence-electron chi connectivity index (χ2n) is 6.88. The third-order valence-corrected chi connectivity index (χ3v) is 5.33. The molecule has 5 heteroatoms. The number of carbonyl (C=O) groups excluding carboxylic acids is 1. The van der Waals surface area contributed by atoms with Gasteiger partial charge in [0.05, 0.1) is 17.8 Å². The molecule has 0 spiro atoms. The highest BCUT2D eigenvalue weighted by atomic mass is 19.1. The predicted octanol–water partition coefficient (Wildman–Crippen LogP) is 4.20. The number of aromatic nitrogens is 2. The van der Waals surface area contributed by atoms with Crippen LogP contribution in [-0.2, 0) is 11.3 Å². The number of pyridine rings is 1. The van der Waals surface area contributed by atoms with E-state index in [0.29, 0.717) is 0 Å². The van der Waals surface area contributed by atoms with Crippen LogP contribution in [0.5, 0.6) is 0 Å². The zero-order chi connectivity index (χ0) is 18.1. The quantitative estimate of drug-likeness (QED) is 0.749. The van der Waals surface area contributed by atoms with Crippen molar-refractivity contribution >= 4 is 16.8 Å². The van der Waals surface area contributed by atoms with Gasteiger partial charge in [0, 0.05) is 35.8 Å². The average molecular weight is 351 g/mol. The highest BCUT2D eigenvalue weighted by Gasteiger charge is 2.29. The van der Waals surface area contributed by atoms with Crippen molar-refractivity contribution in [3.63, 3.8) is 0 Å². The zero-order valence-electron chi connectivity index (χ0n) is 14.8. The number of nitrogens with zero attached hydrogens (tertiary/aromatic N) is 2. The molecule has 2 heterocycles. The van der Waals surface area contributed by atoms with E-state index < -0.39 is 0 Å². The van der Waals surface area contributed by atoms with Crippen molar-refractivity contribution < 1.29 is 9.18 Å². The summed E-state index contributed by atoms with van der Waals surface area (Å²) < 4.78 is 15.5. The van der Waals surface area contributed by atoms with Crippen LogP contribution < -0.4 is 5.32 Å². The number of nitrogens with one attached hydrogen (secondary N) is 1. The first kappa shape index (κ1) is 16.8. The number of amides is 1. The molecular formula is C21H22FN3O. The Labute approximate surface area is 152 Å². The zero-order valence-corrected chi connectivity index (χ0v) is 14.8. The Balaban J connectivity index is 1.79. The molecule has 3 aromatic rings. The third-order valence-electron chi connectivity index (χ3n) is 5.33. The van der Waals surface area contributed by atoms with Crippen LogP contribution in [0.25, 0.3) is 10.9 Å². The molecule has 1 atom stereocenters. The lowest BCUT2D eigenvalue weighted by atomic mass is 9.84. The Kier molecular flexibility index (Phi) is 4.45. The molecule has 2 aromatic heterocycles. The van der Waals surface area contributed by atoms with Gasteiger partial charge in [-0.25, -0.2) is 4.39 Å². The van der Waals surface area contributed by atoms with Crippen molar-refractivity contribution in [2.75, 3.05) is 0 Å². The molecule has 0 bridgehead atoms. The topological polar surface area (TPSA) is 46.9 Å². The van der Waals surface area contributed by atoms with Crippen molar-refractivity contribution in [2.24, 2.45) is 5.92 Å². The molecule has 1 aliphatic carbocycles. The van der Waals surface area contributed by atoms with Crippen LogP contribution in [0.3, 0.4) is 0 Å². The van der Waals surface area contributed by atoms with Gasteiger partial charge >= 0.3 is 0 Å². The molecule has 26 heavy (non-hydrogen) atoms. The molecule has 0 saturated heterocycles. The van der Waals surface area contributed by atoms with Crippen molar-refractivity contribution in [3.8, 4) is 0 Å². The van der Waals surface area contributed by atoms with Gasteiger partial charge in [0.1, 0.15) is 5.82 Å². The van der Waals surface area contributed by atoms with Gasteiger partial charge in [-0.2, -0.15) is 0 Å². The Morgan fingerprint density at radius 2 is 2.08 bits per heavy atom. The third kappa shape index (κ3) is 2.98. The average Bonchev–Trinajstić information content (AvgIpc) is 2.98. The lowest BCUT2D eigenvalue weighted by Crippen LogP contribution is -2.37. The molecule has 4 nitrogen and oxygen atoms in total. The van der Waals surface area contributed by atoms with Crippen molar-refractivity contribution in [1.82, 2.24) is 14.9 Å². The fraction of sp³-hybridized carbons (Fsp3) is 0.333. The lowest BCUT2D eigenvalue weighted by Gasteiger charge is -2.27. The summed E-state index contributed by atoms with van der Waals surface area (Å²) in [5.74, 6) is -0.103. The molecule has 1 aromatic carbocycles. The van der Waals surface area contributed by atoms with Crippen LogP contribution in [0.2, 0.25) is 0 Å². The van der Waals surface area contributed by atoms with Gasteiger partial charge in [0.15, 0.2) is 0 Å². The van der Waals surface area contributed by atoms with Crippen LogP contribution in [0.1, 0.15) is 43.4 Å². The van der Waals surface area contributed by atoms with E-state index in [-0.39, 0.29) is 23.7 Å². The maximum atomic E-state index is 13.4. The minimum atomic E-state index is -0.304. The molecule has 0 radical (unpaired) electrons. The van der Waals surface area contributed by atoms with Crippen LogP contribution in [0, 0.1) is 11.7 Å². The van der Waals surface area contributed by atoms with E-state index in [4.69, 9.17) is 0 Å². The van der Waals surface area contributed by atoms with Crippen molar-refractivity contribution in [3.05, 3.63) is 65.9 Å². The number of hydrogen-bond acceptors (Lipinski definition) is 2. The monoisotopic (exact) mass is 351 g/mol. The minimum absolute atomic E-state index is 0.0806. The highest BCUT2D eigenvalue weighted by molar-refractivity contribution is 5.86. The Hall–Kier alpha value is -2.69. The fourth-order valence-corrected chi connectivity index (χ4v) is 3.58. The van der Waals surface area contributed by atoms with E-state index in [1.807, 2.05) is 12.3 Å². The van der Waals surface area contributed by atoms with E-state index in [1.165, 1.54) is 12.1 Å². The summed E-state index contributed by atoms with van der Waals surface area (Å²) in [7, 11) is 0. The number of halogens is 1. The molecule has 1 N–H and O–H groups in total. The fourth-order valence-electron chi connectivity index (χ4n) is 3.58. The molecule has 134 valence electrons. The smallest absolute Gasteiger partial charge is 0.223 e. The van der Waals surface area contributed by atoms with E-state index in [1.54, 1.807) is 18.3 Å². The first-order valence-electron chi connectivity index (χ1n) is 9.16. The van der Waals surface area contributed by atoms with Crippen molar-refractivity contribution in [2.45, 2.75) is 38.8 Å².